The zero-order valence-corrected chi connectivity index (χ0v) is 11.7. The van der Waals surface area contributed by atoms with Gasteiger partial charge in [0.1, 0.15) is 0 Å². The van der Waals surface area contributed by atoms with Crippen LogP contribution in [0.25, 0.3) is 0 Å². The van der Waals surface area contributed by atoms with E-state index in [0.717, 1.165) is 30.5 Å². The summed E-state index contributed by atoms with van der Waals surface area (Å²) in [7, 11) is 2.06. The summed E-state index contributed by atoms with van der Waals surface area (Å²) < 4.78 is 0. The van der Waals surface area contributed by atoms with Crippen LogP contribution in [0.15, 0.2) is 23.2 Å². The highest BCUT2D eigenvalue weighted by Gasteiger charge is 2.40. The lowest BCUT2D eigenvalue weighted by atomic mass is 10.1. The van der Waals surface area contributed by atoms with Gasteiger partial charge in [0, 0.05) is 35.6 Å². The molecule has 1 aliphatic heterocycles. The van der Waals surface area contributed by atoms with Crippen LogP contribution in [0, 0.1) is 0 Å². The number of benzene rings is 1. The number of halogens is 2. The lowest BCUT2D eigenvalue weighted by Crippen LogP contribution is -2.37. The van der Waals surface area contributed by atoms with Gasteiger partial charge in [0.05, 0.1) is 6.54 Å². The first-order valence-corrected chi connectivity index (χ1v) is 6.88. The molecule has 5 heteroatoms. The lowest BCUT2D eigenvalue weighted by Gasteiger charge is -2.15. The van der Waals surface area contributed by atoms with Gasteiger partial charge < -0.3 is 10.2 Å². The molecule has 2 atom stereocenters. The summed E-state index contributed by atoms with van der Waals surface area (Å²) in [6, 6.07) is 6.18. The van der Waals surface area contributed by atoms with E-state index in [1.165, 1.54) is 5.56 Å². The van der Waals surface area contributed by atoms with Crippen LogP contribution in [0.3, 0.4) is 0 Å². The molecule has 96 valence electrons. The quantitative estimate of drug-likeness (QED) is 0.904. The van der Waals surface area contributed by atoms with Gasteiger partial charge in [-0.3, -0.25) is 4.99 Å². The van der Waals surface area contributed by atoms with Gasteiger partial charge >= 0.3 is 0 Å². The Labute approximate surface area is 117 Å². The van der Waals surface area contributed by atoms with Crippen molar-refractivity contribution >= 4 is 29.2 Å². The molecular formula is C13H15Cl2N3. The summed E-state index contributed by atoms with van der Waals surface area (Å²) in [6.07, 6.45) is 1.11. The minimum atomic E-state index is 0.447. The molecule has 1 aromatic carbocycles. The SMILES string of the molecule is CN1CCN=C1N[C@@H]1C[C@H]1c1ccc(Cl)cc1Cl. The van der Waals surface area contributed by atoms with Crippen LogP contribution in [0.5, 0.6) is 0 Å². The predicted octanol–water partition coefficient (Wildman–Crippen LogP) is 2.74. The number of aliphatic imine (C=N–C) groups is 1. The van der Waals surface area contributed by atoms with Gasteiger partial charge in [-0.05, 0) is 24.1 Å². The standard InChI is InChI=1S/C13H15Cl2N3/c1-18-5-4-16-13(18)17-12-7-10(12)9-3-2-8(14)6-11(9)15/h2-3,6,10,12H,4-5,7H2,1H3,(H,16,17)/t10-,12+/m0/s1. The van der Waals surface area contributed by atoms with Crippen LogP contribution in [-0.4, -0.2) is 37.0 Å². The maximum Gasteiger partial charge on any atom is 0.194 e. The third-order valence-electron chi connectivity index (χ3n) is 3.53. The normalized spacial score (nSPS) is 26.2. The van der Waals surface area contributed by atoms with E-state index in [-0.39, 0.29) is 0 Å². The second-order valence-corrected chi connectivity index (χ2v) is 5.73. The highest BCUT2D eigenvalue weighted by Crippen LogP contribution is 2.44. The van der Waals surface area contributed by atoms with Crippen molar-refractivity contribution in [2.24, 2.45) is 4.99 Å². The molecule has 0 amide bonds. The predicted molar refractivity (Wildman–Crippen MR) is 75.7 cm³/mol. The Hall–Kier alpha value is -0.930. The van der Waals surface area contributed by atoms with Crippen LogP contribution >= 0.6 is 23.2 Å². The molecule has 1 aliphatic carbocycles. The second kappa shape index (κ2) is 4.63. The van der Waals surface area contributed by atoms with E-state index < -0.39 is 0 Å². The highest BCUT2D eigenvalue weighted by molar-refractivity contribution is 6.35. The number of guanidine groups is 1. The molecule has 3 rings (SSSR count). The average molecular weight is 284 g/mol. The molecule has 0 unspecified atom stereocenters. The van der Waals surface area contributed by atoms with E-state index in [2.05, 4.69) is 22.3 Å². The number of nitrogens with zero attached hydrogens (tertiary/aromatic N) is 2. The summed E-state index contributed by atoms with van der Waals surface area (Å²) in [4.78, 5) is 6.59. The molecule has 0 radical (unpaired) electrons. The van der Waals surface area contributed by atoms with Crippen LogP contribution < -0.4 is 5.32 Å². The van der Waals surface area contributed by atoms with Crippen molar-refractivity contribution < 1.29 is 0 Å². The monoisotopic (exact) mass is 283 g/mol. The van der Waals surface area contributed by atoms with Gasteiger partial charge in [-0.25, -0.2) is 0 Å². The Bertz CT molecular complexity index is 501. The maximum absolute atomic E-state index is 6.22. The summed E-state index contributed by atoms with van der Waals surface area (Å²) in [5, 5.41) is 4.93. The Kier molecular flexibility index (Phi) is 3.12. The highest BCUT2D eigenvalue weighted by atomic mass is 35.5. The zero-order valence-electron chi connectivity index (χ0n) is 10.2. The van der Waals surface area contributed by atoms with Gasteiger partial charge in [-0.15, -0.1) is 0 Å². The Morgan fingerprint density at radius 1 is 1.39 bits per heavy atom. The molecule has 1 fully saturated rings. The molecule has 0 aromatic heterocycles. The van der Waals surface area contributed by atoms with Gasteiger partial charge in [-0.1, -0.05) is 29.3 Å². The van der Waals surface area contributed by atoms with Crippen LogP contribution in [-0.2, 0) is 0 Å². The number of nitrogens with one attached hydrogen (secondary N) is 1. The first kappa shape index (κ1) is 12.1. The van der Waals surface area contributed by atoms with Crippen LogP contribution in [0.1, 0.15) is 17.9 Å². The van der Waals surface area contributed by atoms with Crippen molar-refractivity contribution in [2.75, 3.05) is 20.1 Å². The first-order chi connectivity index (χ1) is 8.65. The van der Waals surface area contributed by atoms with Crippen molar-refractivity contribution in [1.82, 2.24) is 10.2 Å². The largest absolute Gasteiger partial charge is 0.353 e. The second-order valence-electron chi connectivity index (χ2n) is 4.89. The Balaban J connectivity index is 1.67. The third-order valence-corrected chi connectivity index (χ3v) is 4.09. The van der Waals surface area contributed by atoms with Crippen LogP contribution in [0.4, 0.5) is 0 Å². The summed E-state index contributed by atoms with van der Waals surface area (Å²) in [6.45, 7) is 1.89. The van der Waals surface area contributed by atoms with Gasteiger partial charge in [0.15, 0.2) is 5.96 Å². The lowest BCUT2D eigenvalue weighted by molar-refractivity contribution is 0.532. The number of rotatable bonds is 2. The van der Waals surface area contributed by atoms with E-state index in [9.17, 15) is 0 Å². The maximum atomic E-state index is 6.22. The Morgan fingerprint density at radius 3 is 2.89 bits per heavy atom. The molecule has 1 aromatic rings. The van der Waals surface area contributed by atoms with Crippen molar-refractivity contribution in [3.63, 3.8) is 0 Å². The van der Waals surface area contributed by atoms with E-state index in [1.54, 1.807) is 0 Å². The van der Waals surface area contributed by atoms with Gasteiger partial charge in [0.25, 0.3) is 0 Å². The van der Waals surface area contributed by atoms with Crippen molar-refractivity contribution in [1.29, 1.82) is 0 Å². The molecule has 0 saturated heterocycles. The fourth-order valence-electron chi connectivity index (χ4n) is 2.35. The summed E-state index contributed by atoms with van der Waals surface area (Å²) >= 11 is 12.1. The van der Waals surface area contributed by atoms with Gasteiger partial charge in [0.2, 0.25) is 0 Å². The van der Waals surface area contributed by atoms with E-state index in [1.807, 2.05) is 18.2 Å². The summed E-state index contributed by atoms with van der Waals surface area (Å²) in [5.74, 6) is 1.49. The minimum Gasteiger partial charge on any atom is -0.353 e. The molecule has 1 heterocycles. The first-order valence-electron chi connectivity index (χ1n) is 6.12. The van der Waals surface area contributed by atoms with Crippen LogP contribution in [0.2, 0.25) is 10.0 Å². The fraction of sp³-hybridized carbons (Fsp3) is 0.462. The number of likely N-dealkylation sites (N-methyl/N-ethyl adjacent to an activating group) is 1. The van der Waals surface area contributed by atoms with E-state index in [0.29, 0.717) is 17.0 Å². The van der Waals surface area contributed by atoms with Crippen molar-refractivity contribution in [3.05, 3.63) is 33.8 Å². The van der Waals surface area contributed by atoms with Crippen molar-refractivity contribution in [3.8, 4) is 0 Å². The number of hydrogen-bond donors (Lipinski definition) is 1. The smallest absolute Gasteiger partial charge is 0.194 e. The molecule has 3 nitrogen and oxygen atoms in total. The molecule has 0 spiro atoms. The van der Waals surface area contributed by atoms with E-state index >= 15 is 0 Å². The van der Waals surface area contributed by atoms with Crippen molar-refractivity contribution in [2.45, 2.75) is 18.4 Å². The number of hydrogen-bond acceptors (Lipinski definition) is 3. The topological polar surface area (TPSA) is 27.6 Å². The fourth-order valence-corrected chi connectivity index (χ4v) is 2.90. The minimum absolute atomic E-state index is 0.447. The molecule has 1 N–H and O–H groups in total. The summed E-state index contributed by atoms with van der Waals surface area (Å²) in [5.41, 5.74) is 1.18. The van der Waals surface area contributed by atoms with E-state index in [4.69, 9.17) is 23.2 Å². The molecule has 2 aliphatic rings. The van der Waals surface area contributed by atoms with Gasteiger partial charge in [-0.2, -0.15) is 0 Å². The Morgan fingerprint density at radius 2 is 2.22 bits per heavy atom. The molecule has 0 bridgehead atoms. The average Bonchev–Trinajstić information content (AvgIpc) is 2.95. The molecule has 1 saturated carbocycles. The molecular weight excluding hydrogens is 269 g/mol. The zero-order chi connectivity index (χ0) is 12.7. The molecule has 18 heavy (non-hydrogen) atoms. The third kappa shape index (κ3) is 2.29.